The second-order valence-corrected chi connectivity index (χ2v) is 8.43. The van der Waals surface area contributed by atoms with Crippen LogP contribution in [-0.4, -0.2) is 17.4 Å². The summed E-state index contributed by atoms with van der Waals surface area (Å²) in [4.78, 5) is 15.2. The lowest BCUT2D eigenvalue weighted by atomic mass is 9.98. The Kier molecular flexibility index (Phi) is 5.56. The van der Waals surface area contributed by atoms with Crippen molar-refractivity contribution in [2.75, 3.05) is 6.73 Å². The van der Waals surface area contributed by atoms with Crippen molar-refractivity contribution in [3.8, 4) is 11.5 Å². The molecule has 0 spiro atoms. The number of rotatable bonds is 4. The minimum Gasteiger partial charge on any atom is -0.478 e. The quantitative estimate of drug-likeness (QED) is 0.452. The predicted octanol–water partition coefficient (Wildman–Crippen LogP) is 6.17. The molecule has 0 N–H and O–H groups in total. The average molecular weight is 444 g/mol. The molecule has 5 heteroatoms. The van der Waals surface area contributed by atoms with Gasteiger partial charge in [-0.2, -0.15) is 0 Å². The van der Waals surface area contributed by atoms with Gasteiger partial charge in [0.15, 0.2) is 5.76 Å². The Morgan fingerprint density at radius 3 is 2.66 bits per heavy atom. The summed E-state index contributed by atoms with van der Waals surface area (Å²) >= 11 is 6.00. The third kappa shape index (κ3) is 4.07. The van der Waals surface area contributed by atoms with Gasteiger partial charge in [-0.1, -0.05) is 66.2 Å². The first-order valence-electron chi connectivity index (χ1n) is 10.5. The van der Waals surface area contributed by atoms with Gasteiger partial charge in [0, 0.05) is 18.1 Å². The molecule has 32 heavy (non-hydrogen) atoms. The molecule has 3 aromatic carbocycles. The number of Topliss-reactive ketones (excluding diaryl/α,β-unsaturated/α-hetero) is 1. The molecule has 0 unspecified atom stereocenters. The first-order chi connectivity index (χ1) is 15.6. The molecule has 0 fully saturated rings. The maximum atomic E-state index is 13.1. The van der Waals surface area contributed by atoms with E-state index in [4.69, 9.17) is 21.1 Å². The third-order valence-corrected chi connectivity index (χ3v) is 5.90. The van der Waals surface area contributed by atoms with Gasteiger partial charge in [0.2, 0.25) is 5.78 Å². The van der Waals surface area contributed by atoms with E-state index >= 15 is 0 Å². The molecule has 160 valence electrons. The zero-order chi connectivity index (χ0) is 22.1. The van der Waals surface area contributed by atoms with Gasteiger partial charge in [-0.15, -0.1) is 0 Å². The van der Waals surface area contributed by atoms with Gasteiger partial charge in [0.25, 0.3) is 0 Å². The van der Waals surface area contributed by atoms with Crippen molar-refractivity contribution in [1.29, 1.82) is 0 Å². The van der Waals surface area contributed by atoms with E-state index < -0.39 is 0 Å². The van der Waals surface area contributed by atoms with Crippen molar-refractivity contribution >= 4 is 23.5 Å². The van der Waals surface area contributed by atoms with E-state index in [1.807, 2.05) is 79.7 Å². The van der Waals surface area contributed by atoms with E-state index in [0.717, 1.165) is 39.6 Å². The molecule has 5 rings (SSSR count). The molecule has 0 bridgehead atoms. The molecule has 0 saturated heterocycles. The number of ether oxygens (including phenoxy) is 2. The summed E-state index contributed by atoms with van der Waals surface area (Å²) in [7, 11) is 0. The van der Waals surface area contributed by atoms with E-state index in [-0.39, 0.29) is 5.78 Å². The molecule has 0 saturated carbocycles. The van der Waals surface area contributed by atoms with E-state index in [1.54, 1.807) is 6.08 Å². The van der Waals surface area contributed by atoms with Crippen molar-refractivity contribution in [1.82, 2.24) is 4.90 Å². The van der Waals surface area contributed by atoms with Gasteiger partial charge in [-0.3, -0.25) is 9.69 Å². The number of nitrogens with zero attached hydrogens (tertiary/aromatic N) is 1. The fourth-order valence-corrected chi connectivity index (χ4v) is 4.18. The lowest BCUT2D eigenvalue weighted by Gasteiger charge is -2.30. The van der Waals surface area contributed by atoms with Crippen LogP contribution in [0.2, 0.25) is 5.02 Å². The second kappa shape index (κ2) is 8.65. The maximum absolute atomic E-state index is 13.1. The molecule has 2 aliphatic heterocycles. The number of benzene rings is 3. The fraction of sp³-hybridized carbons (Fsp3) is 0.148. The zero-order valence-electron chi connectivity index (χ0n) is 17.7. The van der Waals surface area contributed by atoms with Crippen molar-refractivity contribution in [3.05, 3.63) is 111 Å². The largest absolute Gasteiger partial charge is 0.478 e. The number of aryl methyl sites for hydroxylation is 1. The number of hydrogen-bond donors (Lipinski definition) is 0. The normalized spacial score (nSPS) is 16.7. The van der Waals surface area contributed by atoms with Gasteiger partial charge < -0.3 is 9.47 Å². The number of halogens is 1. The smallest absolute Gasteiger partial charge is 0.232 e. The lowest BCUT2D eigenvalue weighted by Crippen LogP contribution is -2.31. The Morgan fingerprint density at radius 1 is 1.09 bits per heavy atom. The van der Waals surface area contributed by atoms with Crippen molar-refractivity contribution in [3.63, 3.8) is 0 Å². The first-order valence-corrected chi connectivity index (χ1v) is 10.9. The van der Waals surface area contributed by atoms with Gasteiger partial charge in [-0.25, -0.2) is 0 Å². The molecule has 0 aliphatic carbocycles. The van der Waals surface area contributed by atoms with E-state index in [1.165, 1.54) is 0 Å². The van der Waals surface area contributed by atoms with Gasteiger partial charge in [0.05, 0.1) is 11.1 Å². The molecular weight excluding hydrogens is 422 g/mol. The Labute approximate surface area is 192 Å². The number of fused-ring (bicyclic) bond motifs is 3. The van der Waals surface area contributed by atoms with Crippen LogP contribution in [0.25, 0.3) is 6.08 Å². The Morgan fingerprint density at radius 2 is 1.88 bits per heavy atom. The van der Waals surface area contributed by atoms with Gasteiger partial charge >= 0.3 is 0 Å². The van der Waals surface area contributed by atoms with Crippen LogP contribution in [0.1, 0.15) is 32.6 Å². The van der Waals surface area contributed by atoms with Crippen LogP contribution in [0, 0.1) is 6.92 Å². The zero-order valence-corrected chi connectivity index (χ0v) is 18.4. The molecule has 3 aromatic rings. The highest BCUT2D eigenvalue weighted by Gasteiger charge is 2.35. The summed E-state index contributed by atoms with van der Waals surface area (Å²) < 4.78 is 12.1. The maximum Gasteiger partial charge on any atom is 0.232 e. The molecule has 4 nitrogen and oxygen atoms in total. The van der Waals surface area contributed by atoms with Crippen LogP contribution >= 0.6 is 11.6 Å². The first kappa shape index (κ1) is 20.6. The van der Waals surface area contributed by atoms with Crippen LogP contribution in [0.5, 0.6) is 11.5 Å². The Balaban J connectivity index is 1.40. The fourth-order valence-electron chi connectivity index (χ4n) is 4.05. The average Bonchev–Trinajstić information content (AvgIpc) is 3.14. The topological polar surface area (TPSA) is 38.8 Å². The SMILES string of the molecule is Cc1cc2c(c3c1C(=O)/C(=C/C=C/c1ccccc1)O3)CN(Cc1ccc(Cl)cc1)CO2. The summed E-state index contributed by atoms with van der Waals surface area (Å²) in [5.74, 6) is 1.64. The minimum atomic E-state index is -0.0900. The third-order valence-electron chi connectivity index (χ3n) is 5.64. The summed E-state index contributed by atoms with van der Waals surface area (Å²) in [6.07, 6.45) is 5.53. The standard InChI is InChI=1S/C27H22ClNO3/c1-18-14-24-22(16-29(17-31-24)15-20-10-12-21(28)13-11-20)27-25(18)26(30)23(32-27)9-5-8-19-6-3-2-4-7-19/h2-14H,15-17H2,1H3/b8-5+,23-9-. The second-order valence-electron chi connectivity index (χ2n) is 7.99. The summed E-state index contributed by atoms with van der Waals surface area (Å²) in [6.45, 7) is 3.76. The Hall–Kier alpha value is -3.34. The van der Waals surface area contributed by atoms with Crippen LogP contribution in [-0.2, 0) is 13.1 Å². The van der Waals surface area contributed by atoms with Crippen LogP contribution < -0.4 is 9.47 Å². The number of carbonyl (C=O) groups excluding carboxylic acids is 1. The van der Waals surface area contributed by atoms with E-state index in [0.29, 0.717) is 30.3 Å². The Bertz CT molecular complexity index is 1230. The monoisotopic (exact) mass is 443 g/mol. The van der Waals surface area contributed by atoms with Crippen LogP contribution in [0.4, 0.5) is 0 Å². The highest BCUT2D eigenvalue weighted by molar-refractivity contribution is 6.30. The van der Waals surface area contributed by atoms with Gasteiger partial charge in [0.1, 0.15) is 18.2 Å². The van der Waals surface area contributed by atoms with Crippen LogP contribution in [0.3, 0.4) is 0 Å². The molecule has 0 atom stereocenters. The highest BCUT2D eigenvalue weighted by Crippen LogP contribution is 2.43. The number of hydrogen-bond acceptors (Lipinski definition) is 4. The molecule has 0 radical (unpaired) electrons. The molecule has 2 heterocycles. The minimum absolute atomic E-state index is 0.0900. The number of carbonyl (C=O) groups is 1. The number of allylic oxidation sites excluding steroid dienone is 3. The molecule has 2 aliphatic rings. The molecular formula is C27H22ClNO3. The van der Waals surface area contributed by atoms with Gasteiger partial charge in [-0.05, 0) is 47.9 Å². The summed E-state index contributed by atoms with van der Waals surface area (Å²) in [5, 5.41) is 0.717. The van der Waals surface area contributed by atoms with Crippen LogP contribution in [0.15, 0.2) is 78.6 Å². The lowest BCUT2D eigenvalue weighted by molar-refractivity contribution is 0.0872. The van der Waals surface area contributed by atoms with Crippen molar-refractivity contribution < 1.29 is 14.3 Å². The summed E-state index contributed by atoms with van der Waals surface area (Å²) in [5.41, 5.74) is 4.61. The highest BCUT2D eigenvalue weighted by atomic mass is 35.5. The summed E-state index contributed by atoms with van der Waals surface area (Å²) in [6, 6.07) is 19.7. The number of ketones is 1. The van der Waals surface area contributed by atoms with E-state index in [2.05, 4.69) is 4.90 Å². The van der Waals surface area contributed by atoms with E-state index in [9.17, 15) is 4.79 Å². The van der Waals surface area contributed by atoms with Crippen molar-refractivity contribution in [2.45, 2.75) is 20.0 Å². The van der Waals surface area contributed by atoms with Crippen molar-refractivity contribution in [2.24, 2.45) is 0 Å². The predicted molar refractivity (Wildman–Crippen MR) is 126 cm³/mol. The molecule has 0 amide bonds. The molecule has 0 aromatic heterocycles.